The Labute approximate surface area is 173 Å². The van der Waals surface area contributed by atoms with E-state index in [1.807, 2.05) is 36.4 Å². The van der Waals surface area contributed by atoms with Gasteiger partial charge in [-0.05, 0) is 35.7 Å². The van der Waals surface area contributed by atoms with Crippen LogP contribution < -0.4 is 16.4 Å². The lowest BCUT2D eigenvalue weighted by Crippen LogP contribution is -2.42. The summed E-state index contributed by atoms with van der Waals surface area (Å²) < 4.78 is 6.62. The second kappa shape index (κ2) is 9.39. The van der Waals surface area contributed by atoms with Gasteiger partial charge in [-0.3, -0.25) is 9.36 Å². The molecule has 8 heteroatoms. The number of carbonyl (C=O) groups is 1. The van der Waals surface area contributed by atoms with Crippen molar-refractivity contribution in [3.63, 3.8) is 0 Å². The van der Waals surface area contributed by atoms with Crippen LogP contribution in [0.25, 0.3) is 22.2 Å². The van der Waals surface area contributed by atoms with Crippen LogP contribution in [0, 0.1) is 11.3 Å². The number of benzene rings is 2. The molecule has 0 saturated carbocycles. The molecular weight excluding hydrogens is 384 g/mol. The number of aliphatic hydroxyl groups is 1. The standard InChI is InChI=1S/C22H24N4O4/c1-14(27)12-24-13-21(28)25-18(11-23)9-15-3-5-16(6-4-15)17-7-8-20-19(10-17)26(2)22(29)30-20/h3-8,10,14,18,24,27H,9,12-13H2,1-2H3,(H,25,28)/t14?,18-/m0/s1. The Morgan fingerprint density at radius 3 is 2.60 bits per heavy atom. The average Bonchev–Trinajstić information content (AvgIpc) is 3.01. The molecule has 8 nitrogen and oxygen atoms in total. The fourth-order valence-electron chi connectivity index (χ4n) is 3.14. The molecule has 0 radical (unpaired) electrons. The van der Waals surface area contributed by atoms with Gasteiger partial charge in [0.1, 0.15) is 6.04 Å². The number of oxazole rings is 1. The largest absolute Gasteiger partial charge is 0.419 e. The van der Waals surface area contributed by atoms with E-state index in [-0.39, 0.29) is 12.5 Å². The zero-order valence-corrected chi connectivity index (χ0v) is 16.9. The Morgan fingerprint density at radius 2 is 1.93 bits per heavy atom. The molecule has 156 valence electrons. The molecule has 0 aliphatic heterocycles. The molecule has 0 bridgehead atoms. The van der Waals surface area contributed by atoms with Crippen LogP contribution in [0.4, 0.5) is 0 Å². The van der Waals surface area contributed by atoms with E-state index >= 15 is 0 Å². The van der Waals surface area contributed by atoms with Gasteiger partial charge in [-0.1, -0.05) is 30.3 Å². The third-order valence-corrected chi connectivity index (χ3v) is 4.73. The molecule has 0 aliphatic carbocycles. The minimum Gasteiger partial charge on any atom is -0.408 e. The van der Waals surface area contributed by atoms with Gasteiger partial charge >= 0.3 is 5.76 Å². The van der Waals surface area contributed by atoms with Crippen LogP contribution in [0.15, 0.2) is 51.7 Å². The molecule has 1 heterocycles. The molecule has 0 saturated heterocycles. The van der Waals surface area contributed by atoms with Crippen molar-refractivity contribution >= 4 is 17.0 Å². The second-order valence-electron chi connectivity index (χ2n) is 7.24. The Hall–Kier alpha value is -3.41. The first-order valence-corrected chi connectivity index (χ1v) is 9.64. The molecule has 0 fully saturated rings. The summed E-state index contributed by atoms with van der Waals surface area (Å²) in [6.45, 7) is 1.98. The van der Waals surface area contributed by atoms with Crippen LogP contribution >= 0.6 is 0 Å². The molecule has 0 aliphatic rings. The summed E-state index contributed by atoms with van der Waals surface area (Å²) in [5.41, 5.74) is 4.09. The van der Waals surface area contributed by atoms with Gasteiger partial charge in [-0.25, -0.2) is 4.79 Å². The van der Waals surface area contributed by atoms with E-state index in [0.717, 1.165) is 22.2 Å². The summed E-state index contributed by atoms with van der Waals surface area (Å²) in [5, 5.41) is 24.0. The van der Waals surface area contributed by atoms with Crippen molar-refractivity contribution in [1.29, 1.82) is 5.26 Å². The number of aryl methyl sites for hydroxylation is 1. The predicted molar refractivity (Wildman–Crippen MR) is 113 cm³/mol. The van der Waals surface area contributed by atoms with E-state index in [2.05, 4.69) is 16.7 Å². The first-order chi connectivity index (χ1) is 14.4. The highest BCUT2D eigenvalue weighted by molar-refractivity contribution is 5.80. The summed E-state index contributed by atoms with van der Waals surface area (Å²) in [6, 6.07) is 14.7. The molecule has 3 aromatic rings. The topological polar surface area (TPSA) is 120 Å². The van der Waals surface area contributed by atoms with E-state index in [0.29, 0.717) is 18.5 Å². The van der Waals surface area contributed by atoms with Gasteiger partial charge in [0, 0.05) is 20.0 Å². The van der Waals surface area contributed by atoms with Crippen LogP contribution in [0.3, 0.4) is 0 Å². The zero-order chi connectivity index (χ0) is 21.7. The van der Waals surface area contributed by atoms with E-state index in [1.165, 1.54) is 4.57 Å². The first kappa shape index (κ1) is 21.3. The Bertz CT molecular complexity index is 1120. The number of hydrogen-bond donors (Lipinski definition) is 3. The molecule has 2 atom stereocenters. The van der Waals surface area contributed by atoms with Crippen LogP contribution in [-0.4, -0.2) is 40.8 Å². The summed E-state index contributed by atoms with van der Waals surface area (Å²) in [5.74, 6) is -0.694. The van der Waals surface area contributed by atoms with Gasteiger partial charge in [-0.15, -0.1) is 0 Å². The zero-order valence-electron chi connectivity index (χ0n) is 16.9. The summed E-state index contributed by atoms with van der Waals surface area (Å²) in [6.07, 6.45) is -0.157. The van der Waals surface area contributed by atoms with Crippen molar-refractivity contribution in [2.24, 2.45) is 7.05 Å². The first-order valence-electron chi connectivity index (χ1n) is 9.64. The summed E-state index contributed by atoms with van der Waals surface area (Å²) in [4.78, 5) is 23.6. The number of hydrogen-bond acceptors (Lipinski definition) is 6. The van der Waals surface area contributed by atoms with Crippen LogP contribution in [0.2, 0.25) is 0 Å². The van der Waals surface area contributed by atoms with Crippen molar-refractivity contribution in [2.45, 2.75) is 25.5 Å². The van der Waals surface area contributed by atoms with E-state index in [9.17, 15) is 20.0 Å². The van der Waals surface area contributed by atoms with Gasteiger partial charge < -0.3 is 20.2 Å². The predicted octanol–water partition coefficient (Wildman–Crippen LogP) is 1.32. The maximum absolute atomic E-state index is 11.9. The highest BCUT2D eigenvalue weighted by atomic mass is 16.4. The van der Waals surface area contributed by atoms with Crippen molar-refractivity contribution in [3.8, 4) is 17.2 Å². The number of carbonyl (C=O) groups excluding carboxylic acids is 1. The third kappa shape index (κ3) is 5.14. The fourth-order valence-corrected chi connectivity index (χ4v) is 3.14. The Kier molecular flexibility index (Phi) is 6.67. The van der Waals surface area contributed by atoms with Gasteiger partial charge in [0.2, 0.25) is 5.91 Å². The molecule has 0 spiro atoms. The number of nitrogens with one attached hydrogen (secondary N) is 2. The van der Waals surface area contributed by atoms with Crippen LogP contribution in [0.1, 0.15) is 12.5 Å². The van der Waals surface area contributed by atoms with Crippen LogP contribution in [-0.2, 0) is 18.3 Å². The minimum absolute atomic E-state index is 0.0427. The van der Waals surface area contributed by atoms with E-state index in [1.54, 1.807) is 20.0 Å². The van der Waals surface area contributed by atoms with Crippen LogP contribution in [0.5, 0.6) is 0 Å². The van der Waals surface area contributed by atoms with Gasteiger partial charge in [0.15, 0.2) is 5.58 Å². The molecule has 3 rings (SSSR count). The van der Waals surface area contributed by atoms with Gasteiger partial charge in [0.25, 0.3) is 0 Å². The number of aromatic nitrogens is 1. The minimum atomic E-state index is -0.645. The highest BCUT2D eigenvalue weighted by Crippen LogP contribution is 2.24. The van der Waals surface area contributed by atoms with Crippen molar-refractivity contribution in [3.05, 3.63) is 58.6 Å². The molecule has 1 unspecified atom stereocenters. The van der Waals surface area contributed by atoms with Crippen molar-refractivity contribution in [2.75, 3.05) is 13.1 Å². The number of aliphatic hydroxyl groups excluding tert-OH is 1. The monoisotopic (exact) mass is 408 g/mol. The number of fused-ring (bicyclic) bond motifs is 1. The number of nitrogens with zero attached hydrogens (tertiary/aromatic N) is 2. The van der Waals surface area contributed by atoms with Gasteiger partial charge in [0.05, 0.1) is 24.2 Å². The quantitative estimate of drug-likeness (QED) is 0.517. The maximum atomic E-state index is 11.9. The van der Waals surface area contributed by atoms with Gasteiger partial charge in [-0.2, -0.15) is 5.26 Å². The Balaban J connectivity index is 1.65. The Morgan fingerprint density at radius 1 is 1.23 bits per heavy atom. The highest BCUT2D eigenvalue weighted by Gasteiger charge is 2.13. The lowest BCUT2D eigenvalue weighted by Gasteiger charge is -2.13. The fraction of sp³-hybridized carbons (Fsp3) is 0.318. The average molecular weight is 408 g/mol. The maximum Gasteiger partial charge on any atom is 0.419 e. The molecule has 30 heavy (non-hydrogen) atoms. The number of rotatable bonds is 8. The van der Waals surface area contributed by atoms with Crippen molar-refractivity contribution in [1.82, 2.24) is 15.2 Å². The third-order valence-electron chi connectivity index (χ3n) is 4.73. The lowest BCUT2D eigenvalue weighted by molar-refractivity contribution is -0.120. The normalized spacial score (nSPS) is 13.0. The smallest absolute Gasteiger partial charge is 0.408 e. The SMILES string of the molecule is CC(O)CNCC(=O)N[C@H](C#N)Cc1ccc(-c2ccc3oc(=O)n(C)c3c2)cc1. The summed E-state index contributed by atoms with van der Waals surface area (Å²) >= 11 is 0. The summed E-state index contributed by atoms with van der Waals surface area (Å²) in [7, 11) is 1.66. The molecular formula is C22H24N4O4. The van der Waals surface area contributed by atoms with E-state index < -0.39 is 17.9 Å². The number of amides is 1. The van der Waals surface area contributed by atoms with Crippen molar-refractivity contribution < 1.29 is 14.3 Å². The second-order valence-corrected chi connectivity index (χ2v) is 7.24. The molecule has 1 amide bonds. The lowest BCUT2D eigenvalue weighted by atomic mass is 10.0. The number of nitriles is 1. The molecule has 1 aromatic heterocycles. The van der Waals surface area contributed by atoms with E-state index in [4.69, 9.17) is 4.42 Å². The molecule has 2 aromatic carbocycles. The molecule has 3 N–H and O–H groups in total.